The highest BCUT2D eigenvalue weighted by Gasteiger charge is 2.19. The summed E-state index contributed by atoms with van der Waals surface area (Å²) in [7, 11) is 1.93. The number of nitrogens with zero attached hydrogens (tertiary/aromatic N) is 5. The van der Waals surface area contributed by atoms with E-state index >= 15 is 0 Å². The Morgan fingerprint density at radius 3 is 2.48 bits per heavy atom. The summed E-state index contributed by atoms with van der Waals surface area (Å²) in [6, 6.07) is 8.13. The molecule has 0 bridgehead atoms. The number of carbonyl (C=O) groups is 1. The van der Waals surface area contributed by atoms with Crippen LogP contribution in [-0.2, 0) is 16.6 Å². The van der Waals surface area contributed by atoms with Crippen molar-refractivity contribution in [3.63, 3.8) is 0 Å². The second-order valence-electron chi connectivity index (χ2n) is 7.37. The molecule has 1 amide bonds. The van der Waals surface area contributed by atoms with Gasteiger partial charge in [-0.15, -0.1) is 10.2 Å². The van der Waals surface area contributed by atoms with E-state index in [1.807, 2.05) is 23.7 Å². The second kappa shape index (κ2) is 9.49. The SMILES string of the molecule is Cn1c(SCC(=O)Nc2ccc(N3CCCCC3)cc2)nnc1N1CCOCC1. The Hall–Kier alpha value is -2.26. The molecule has 0 atom stereocenters. The van der Waals surface area contributed by atoms with Crippen LogP contribution in [0.4, 0.5) is 17.3 Å². The zero-order valence-corrected chi connectivity index (χ0v) is 17.7. The maximum Gasteiger partial charge on any atom is 0.234 e. The van der Waals surface area contributed by atoms with Crippen LogP contribution in [0.15, 0.2) is 29.4 Å². The summed E-state index contributed by atoms with van der Waals surface area (Å²) in [6.45, 7) is 5.26. The van der Waals surface area contributed by atoms with Gasteiger partial charge in [0, 0.05) is 44.6 Å². The van der Waals surface area contributed by atoms with Gasteiger partial charge < -0.3 is 19.9 Å². The minimum absolute atomic E-state index is 0.0448. The number of morpholine rings is 1. The van der Waals surface area contributed by atoms with Crippen LogP contribution in [0.1, 0.15) is 19.3 Å². The normalized spacial score (nSPS) is 17.4. The van der Waals surface area contributed by atoms with E-state index in [9.17, 15) is 4.79 Å². The maximum atomic E-state index is 12.4. The molecule has 0 aliphatic carbocycles. The first-order valence-corrected chi connectivity index (χ1v) is 11.2. The van der Waals surface area contributed by atoms with E-state index in [1.165, 1.54) is 36.7 Å². The molecule has 1 aromatic heterocycles. The highest BCUT2D eigenvalue weighted by Crippen LogP contribution is 2.23. The molecule has 1 aromatic carbocycles. The summed E-state index contributed by atoms with van der Waals surface area (Å²) in [5.74, 6) is 1.07. The zero-order chi connectivity index (χ0) is 20.1. The second-order valence-corrected chi connectivity index (χ2v) is 8.31. The smallest absolute Gasteiger partial charge is 0.234 e. The minimum atomic E-state index is -0.0448. The lowest BCUT2D eigenvalue weighted by molar-refractivity contribution is -0.113. The summed E-state index contributed by atoms with van der Waals surface area (Å²) in [5.41, 5.74) is 2.05. The van der Waals surface area contributed by atoms with Gasteiger partial charge in [-0.3, -0.25) is 9.36 Å². The molecule has 2 saturated heterocycles. The first-order valence-electron chi connectivity index (χ1n) is 10.2. The van der Waals surface area contributed by atoms with Crippen molar-refractivity contribution in [2.24, 2.45) is 7.05 Å². The molecular weight excluding hydrogens is 388 g/mol. The summed E-state index contributed by atoms with van der Waals surface area (Å²) in [4.78, 5) is 16.9. The van der Waals surface area contributed by atoms with Crippen molar-refractivity contribution in [3.8, 4) is 0 Å². The number of anilines is 3. The summed E-state index contributed by atoms with van der Waals surface area (Å²) >= 11 is 1.40. The number of nitrogens with one attached hydrogen (secondary N) is 1. The van der Waals surface area contributed by atoms with Crippen molar-refractivity contribution >= 4 is 35.0 Å². The lowest BCUT2D eigenvalue weighted by Gasteiger charge is -2.28. The van der Waals surface area contributed by atoms with Gasteiger partial charge in [0.05, 0.1) is 19.0 Å². The summed E-state index contributed by atoms with van der Waals surface area (Å²) in [5, 5.41) is 12.2. The number of piperidine rings is 1. The van der Waals surface area contributed by atoms with Crippen LogP contribution in [0.25, 0.3) is 0 Å². The molecule has 4 rings (SSSR count). The largest absolute Gasteiger partial charge is 0.378 e. The van der Waals surface area contributed by atoms with Gasteiger partial charge in [0.1, 0.15) is 0 Å². The van der Waals surface area contributed by atoms with E-state index in [0.29, 0.717) is 19.0 Å². The van der Waals surface area contributed by atoms with Crippen LogP contribution >= 0.6 is 11.8 Å². The summed E-state index contributed by atoms with van der Waals surface area (Å²) < 4.78 is 7.33. The predicted molar refractivity (Wildman–Crippen MR) is 116 cm³/mol. The molecule has 0 spiro atoms. The van der Waals surface area contributed by atoms with E-state index in [2.05, 4.69) is 37.4 Å². The van der Waals surface area contributed by atoms with Crippen LogP contribution < -0.4 is 15.1 Å². The fourth-order valence-electron chi connectivity index (χ4n) is 3.71. The Labute approximate surface area is 175 Å². The van der Waals surface area contributed by atoms with Crippen LogP contribution in [0.2, 0.25) is 0 Å². The van der Waals surface area contributed by atoms with E-state index in [1.54, 1.807) is 0 Å². The topological polar surface area (TPSA) is 75.5 Å². The van der Waals surface area contributed by atoms with Crippen LogP contribution in [0, 0.1) is 0 Å². The number of benzene rings is 1. The first kappa shape index (κ1) is 20.0. The molecule has 1 N–H and O–H groups in total. The maximum absolute atomic E-state index is 12.4. The zero-order valence-electron chi connectivity index (χ0n) is 16.8. The molecule has 0 unspecified atom stereocenters. The van der Waals surface area contributed by atoms with Crippen molar-refractivity contribution in [2.75, 3.05) is 60.3 Å². The number of ether oxygens (including phenoxy) is 1. The van der Waals surface area contributed by atoms with Gasteiger partial charge in [0.25, 0.3) is 0 Å². The molecule has 9 heteroatoms. The van der Waals surface area contributed by atoms with Crippen LogP contribution in [0.5, 0.6) is 0 Å². The predicted octanol–water partition coefficient (Wildman–Crippen LogP) is 2.37. The van der Waals surface area contributed by atoms with Gasteiger partial charge in [-0.05, 0) is 43.5 Å². The van der Waals surface area contributed by atoms with Gasteiger partial charge in [0.2, 0.25) is 11.9 Å². The molecule has 29 heavy (non-hydrogen) atoms. The molecule has 156 valence electrons. The van der Waals surface area contributed by atoms with Crippen molar-refractivity contribution in [3.05, 3.63) is 24.3 Å². The van der Waals surface area contributed by atoms with E-state index in [-0.39, 0.29) is 5.91 Å². The van der Waals surface area contributed by atoms with Crippen molar-refractivity contribution < 1.29 is 9.53 Å². The molecule has 2 fully saturated rings. The summed E-state index contributed by atoms with van der Waals surface area (Å²) in [6.07, 6.45) is 3.83. The number of amides is 1. The lowest BCUT2D eigenvalue weighted by Crippen LogP contribution is -2.37. The Morgan fingerprint density at radius 2 is 1.76 bits per heavy atom. The quantitative estimate of drug-likeness (QED) is 0.725. The monoisotopic (exact) mass is 416 g/mol. The van der Waals surface area contributed by atoms with Gasteiger partial charge in [-0.25, -0.2) is 0 Å². The molecular formula is C20H28N6O2S. The third kappa shape index (κ3) is 5.02. The molecule has 2 aromatic rings. The Kier molecular flexibility index (Phi) is 6.56. The van der Waals surface area contributed by atoms with Gasteiger partial charge >= 0.3 is 0 Å². The number of hydrogen-bond acceptors (Lipinski definition) is 7. The number of thioether (sulfide) groups is 1. The molecule has 2 aliphatic rings. The lowest BCUT2D eigenvalue weighted by atomic mass is 10.1. The number of rotatable bonds is 6. The van der Waals surface area contributed by atoms with Gasteiger partial charge in [-0.1, -0.05) is 11.8 Å². The molecule has 0 radical (unpaired) electrons. The molecule has 0 saturated carbocycles. The standard InChI is InChI=1S/C20H28N6O2S/c1-24-19(26-11-13-28-14-12-26)22-23-20(24)29-15-18(27)21-16-5-7-17(8-6-16)25-9-3-2-4-10-25/h5-8H,2-4,9-15H2,1H3,(H,21,27). The van der Waals surface area contributed by atoms with Gasteiger partial charge in [0.15, 0.2) is 5.16 Å². The molecule has 3 heterocycles. The van der Waals surface area contributed by atoms with Gasteiger partial charge in [-0.2, -0.15) is 0 Å². The highest BCUT2D eigenvalue weighted by molar-refractivity contribution is 7.99. The number of aromatic nitrogens is 3. The van der Waals surface area contributed by atoms with Crippen molar-refractivity contribution in [1.29, 1.82) is 0 Å². The molecule has 8 nitrogen and oxygen atoms in total. The first-order chi connectivity index (χ1) is 14.2. The Bertz CT molecular complexity index is 813. The Morgan fingerprint density at radius 1 is 1.03 bits per heavy atom. The average Bonchev–Trinajstić information content (AvgIpc) is 3.14. The van der Waals surface area contributed by atoms with E-state index in [0.717, 1.165) is 43.0 Å². The third-order valence-electron chi connectivity index (χ3n) is 5.31. The fourth-order valence-corrected chi connectivity index (χ4v) is 4.41. The van der Waals surface area contributed by atoms with Crippen molar-refractivity contribution in [2.45, 2.75) is 24.4 Å². The van der Waals surface area contributed by atoms with Crippen LogP contribution in [0.3, 0.4) is 0 Å². The Balaban J connectivity index is 1.28. The fraction of sp³-hybridized carbons (Fsp3) is 0.550. The van der Waals surface area contributed by atoms with Crippen LogP contribution in [-0.4, -0.2) is 65.8 Å². The van der Waals surface area contributed by atoms with Crippen molar-refractivity contribution in [1.82, 2.24) is 14.8 Å². The number of hydrogen-bond donors (Lipinski definition) is 1. The highest BCUT2D eigenvalue weighted by atomic mass is 32.2. The number of carbonyl (C=O) groups excluding carboxylic acids is 1. The third-order valence-corrected chi connectivity index (χ3v) is 6.33. The minimum Gasteiger partial charge on any atom is -0.378 e. The average molecular weight is 417 g/mol. The van der Waals surface area contributed by atoms with E-state index < -0.39 is 0 Å². The molecule has 2 aliphatic heterocycles. The van der Waals surface area contributed by atoms with E-state index in [4.69, 9.17) is 4.74 Å².